The molecule has 34 heavy (non-hydrogen) atoms. The fourth-order valence-electron chi connectivity index (χ4n) is 4.18. The van der Waals surface area contributed by atoms with E-state index in [-0.39, 0.29) is 17.3 Å². The van der Waals surface area contributed by atoms with Gasteiger partial charge in [-0.1, -0.05) is 23.6 Å². The first-order valence-corrected chi connectivity index (χ1v) is 10.7. The zero-order chi connectivity index (χ0) is 24.7. The third-order valence-electron chi connectivity index (χ3n) is 5.76. The third kappa shape index (κ3) is 3.45. The highest BCUT2D eigenvalue weighted by molar-refractivity contribution is 6.34. The Morgan fingerprint density at radius 1 is 0.971 bits per heavy atom. The van der Waals surface area contributed by atoms with Crippen molar-refractivity contribution in [2.24, 2.45) is 0 Å². The maximum absolute atomic E-state index is 15.0. The standard InChI is InChI=1S/C23H18ClFN4O5/c1-3-9-26-21(32)27(10-4-2)23(34)29(22(26)33)17-12-18(16(25)11-15(17)24)28-19(30)13-7-5-6-8-14(13)20(28)31/h1,4,11-12H,2,5-10H2. The van der Waals surface area contributed by atoms with Gasteiger partial charge in [0, 0.05) is 11.1 Å². The van der Waals surface area contributed by atoms with Gasteiger partial charge in [-0.05, 0) is 37.8 Å². The molecule has 1 aromatic carbocycles. The predicted molar refractivity (Wildman–Crippen MR) is 123 cm³/mol. The van der Waals surface area contributed by atoms with Crippen molar-refractivity contribution in [3.63, 3.8) is 0 Å². The Morgan fingerprint density at radius 3 is 2.12 bits per heavy atom. The molecule has 0 radical (unpaired) electrons. The number of hydrogen-bond acceptors (Lipinski definition) is 5. The second kappa shape index (κ2) is 8.76. The molecule has 0 saturated heterocycles. The number of carbonyl (C=O) groups is 2. The number of amides is 2. The SMILES string of the molecule is C#CCn1c(=O)n(CC=C)c(=O)n(-c2cc(N3C(=O)C4=C(CCCC4)C3=O)c(F)cc2Cl)c1=O. The smallest absolute Gasteiger partial charge is 0.269 e. The first-order valence-electron chi connectivity index (χ1n) is 10.3. The number of terminal acetylenes is 1. The molecule has 4 rings (SSSR count). The Labute approximate surface area is 197 Å². The molecule has 2 amide bonds. The molecule has 2 aliphatic rings. The lowest BCUT2D eigenvalue weighted by Gasteiger charge is -2.19. The molecule has 0 atom stereocenters. The number of imide groups is 1. The van der Waals surface area contributed by atoms with E-state index in [0.717, 1.165) is 25.0 Å². The van der Waals surface area contributed by atoms with Crippen molar-refractivity contribution in [1.82, 2.24) is 13.7 Å². The molecule has 0 spiro atoms. The van der Waals surface area contributed by atoms with Crippen LogP contribution in [0.5, 0.6) is 0 Å². The third-order valence-corrected chi connectivity index (χ3v) is 6.06. The highest BCUT2D eigenvalue weighted by atomic mass is 35.5. The largest absolute Gasteiger partial charge is 0.341 e. The van der Waals surface area contributed by atoms with Gasteiger partial charge >= 0.3 is 17.1 Å². The normalized spacial score (nSPS) is 15.5. The van der Waals surface area contributed by atoms with E-state index in [2.05, 4.69) is 12.5 Å². The minimum absolute atomic E-state index is 0.242. The molecule has 0 unspecified atom stereocenters. The van der Waals surface area contributed by atoms with Gasteiger partial charge in [0.25, 0.3) is 11.8 Å². The highest BCUT2D eigenvalue weighted by Gasteiger charge is 2.41. The van der Waals surface area contributed by atoms with Crippen LogP contribution in [0.2, 0.25) is 5.02 Å². The minimum atomic E-state index is -1.11. The van der Waals surface area contributed by atoms with Gasteiger partial charge in [0.2, 0.25) is 0 Å². The van der Waals surface area contributed by atoms with E-state index in [4.69, 9.17) is 18.0 Å². The van der Waals surface area contributed by atoms with Crippen LogP contribution >= 0.6 is 11.6 Å². The van der Waals surface area contributed by atoms with Crippen LogP contribution in [0.15, 0.2) is 50.3 Å². The first-order chi connectivity index (χ1) is 16.2. The summed E-state index contributed by atoms with van der Waals surface area (Å²) in [4.78, 5) is 65.2. The minimum Gasteiger partial charge on any atom is -0.269 e. The van der Waals surface area contributed by atoms with Gasteiger partial charge < -0.3 is 0 Å². The summed E-state index contributed by atoms with van der Waals surface area (Å²) in [6.45, 7) is 2.80. The van der Waals surface area contributed by atoms with E-state index in [1.807, 2.05) is 0 Å². The number of benzene rings is 1. The van der Waals surface area contributed by atoms with Crippen LogP contribution < -0.4 is 22.0 Å². The summed E-state index contributed by atoms with van der Waals surface area (Å²) >= 11 is 6.19. The summed E-state index contributed by atoms with van der Waals surface area (Å²) in [6, 6.07) is 1.77. The number of halogens is 2. The van der Waals surface area contributed by atoms with Gasteiger partial charge in [0.1, 0.15) is 5.82 Å². The van der Waals surface area contributed by atoms with E-state index in [0.29, 0.717) is 42.6 Å². The zero-order valence-electron chi connectivity index (χ0n) is 17.8. The lowest BCUT2D eigenvalue weighted by atomic mass is 9.93. The van der Waals surface area contributed by atoms with Gasteiger partial charge in [-0.3, -0.25) is 9.59 Å². The highest BCUT2D eigenvalue weighted by Crippen LogP contribution is 2.38. The summed E-state index contributed by atoms with van der Waals surface area (Å²) in [7, 11) is 0. The number of aromatic nitrogens is 3. The first kappa shape index (κ1) is 23.2. The fraction of sp³-hybridized carbons (Fsp3) is 0.261. The molecular formula is C23H18ClFN4O5. The Bertz CT molecular complexity index is 1490. The van der Waals surface area contributed by atoms with Crippen LogP contribution in [0, 0.1) is 18.2 Å². The van der Waals surface area contributed by atoms with E-state index in [9.17, 15) is 28.4 Å². The number of nitrogens with zero attached hydrogens (tertiary/aromatic N) is 4. The molecule has 1 aliphatic heterocycles. The second-order valence-electron chi connectivity index (χ2n) is 7.74. The van der Waals surface area contributed by atoms with Crippen molar-refractivity contribution >= 4 is 29.1 Å². The van der Waals surface area contributed by atoms with Crippen LogP contribution in [-0.2, 0) is 22.7 Å². The number of allylic oxidation sites excluding steroid dienone is 1. The lowest BCUT2D eigenvalue weighted by Crippen LogP contribution is -2.53. The van der Waals surface area contributed by atoms with Gasteiger partial charge in [0.15, 0.2) is 0 Å². The average molecular weight is 485 g/mol. The maximum atomic E-state index is 15.0. The molecule has 0 bridgehead atoms. The topological polar surface area (TPSA) is 103 Å². The molecule has 2 heterocycles. The Morgan fingerprint density at radius 2 is 1.56 bits per heavy atom. The predicted octanol–water partition coefficient (Wildman–Crippen LogP) is 1.52. The molecule has 2 aromatic rings. The Kier molecular flexibility index (Phi) is 5.98. The van der Waals surface area contributed by atoms with Gasteiger partial charge in [-0.2, -0.15) is 0 Å². The van der Waals surface area contributed by atoms with Crippen molar-refractivity contribution in [3.8, 4) is 18.0 Å². The second-order valence-corrected chi connectivity index (χ2v) is 8.14. The number of anilines is 1. The van der Waals surface area contributed by atoms with Gasteiger partial charge in [0.05, 0.1) is 29.5 Å². The van der Waals surface area contributed by atoms with Gasteiger partial charge in [-0.25, -0.2) is 37.4 Å². The van der Waals surface area contributed by atoms with Crippen molar-refractivity contribution in [3.05, 3.63) is 78.2 Å². The summed E-state index contributed by atoms with van der Waals surface area (Å²) in [6.07, 6.45) is 8.81. The molecule has 0 saturated carbocycles. The summed E-state index contributed by atoms with van der Waals surface area (Å²) in [5, 5.41) is -0.353. The molecule has 0 N–H and O–H groups in total. The van der Waals surface area contributed by atoms with Crippen LogP contribution in [-0.4, -0.2) is 25.5 Å². The molecule has 11 heteroatoms. The lowest BCUT2D eigenvalue weighted by molar-refractivity contribution is -0.120. The fourth-order valence-corrected chi connectivity index (χ4v) is 4.41. The van der Waals surface area contributed by atoms with Crippen molar-refractivity contribution in [2.45, 2.75) is 38.8 Å². The van der Waals surface area contributed by atoms with Gasteiger partial charge in [-0.15, -0.1) is 13.0 Å². The summed E-state index contributed by atoms with van der Waals surface area (Å²) in [5.41, 5.74) is -3.24. The van der Waals surface area contributed by atoms with Crippen LogP contribution in [0.4, 0.5) is 10.1 Å². The molecular weight excluding hydrogens is 467 g/mol. The molecule has 0 fully saturated rings. The number of rotatable bonds is 5. The van der Waals surface area contributed by atoms with Crippen LogP contribution in [0.1, 0.15) is 25.7 Å². The Hall–Kier alpha value is -3.97. The average Bonchev–Trinajstić information content (AvgIpc) is 3.06. The molecule has 1 aliphatic carbocycles. The molecule has 1 aromatic heterocycles. The molecule has 9 nitrogen and oxygen atoms in total. The zero-order valence-corrected chi connectivity index (χ0v) is 18.6. The molecule has 174 valence electrons. The summed E-state index contributed by atoms with van der Waals surface area (Å²) in [5.74, 6) is -0.133. The summed E-state index contributed by atoms with van der Waals surface area (Å²) < 4.78 is 16.9. The van der Waals surface area contributed by atoms with E-state index < -0.39 is 46.9 Å². The van der Waals surface area contributed by atoms with Crippen LogP contribution in [0.25, 0.3) is 5.69 Å². The number of carbonyl (C=O) groups excluding carboxylic acids is 2. The van der Waals surface area contributed by atoms with E-state index >= 15 is 0 Å². The Balaban J connectivity index is 1.97. The van der Waals surface area contributed by atoms with E-state index in [1.165, 1.54) is 6.08 Å². The number of hydrogen-bond donors (Lipinski definition) is 0. The van der Waals surface area contributed by atoms with Crippen molar-refractivity contribution < 1.29 is 14.0 Å². The quantitative estimate of drug-likeness (QED) is 0.363. The van der Waals surface area contributed by atoms with Crippen molar-refractivity contribution in [2.75, 3.05) is 4.90 Å². The van der Waals surface area contributed by atoms with E-state index in [1.54, 1.807) is 0 Å². The maximum Gasteiger partial charge on any atom is 0.341 e. The van der Waals surface area contributed by atoms with Crippen molar-refractivity contribution in [1.29, 1.82) is 0 Å². The van der Waals surface area contributed by atoms with Crippen LogP contribution in [0.3, 0.4) is 0 Å². The monoisotopic (exact) mass is 484 g/mol.